The van der Waals surface area contributed by atoms with Gasteiger partial charge in [0.1, 0.15) is 5.82 Å². The van der Waals surface area contributed by atoms with Crippen LogP contribution in [0.15, 0.2) is 18.3 Å². The summed E-state index contributed by atoms with van der Waals surface area (Å²) in [5.41, 5.74) is 5.98. The zero-order valence-corrected chi connectivity index (χ0v) is 11.3. The van der Waals surface area contributed by atoms with Crippen LogP contribution in [0.3, 0.4) is 0 Å². The normalized spacial score (nSPS) is 11.1. The first-order valence-corrected chi connectivity index (χ1v) is 6.13. The number of aryl methyl sites for hydroxylation is 1. The Hall–Kier alpha value is -1.62. The quantitative estimate of drug-likeness (QED) is 0.659. The number of anilines is 1. The topological polar surface area (TPSA) is 80.0 Å². The molecule has 5 heteroatoms. The van der Waals surface area contributed by atoms with Crippen molar-refractivity contribution in [3.8, 4) is 0 Å². The first kappa shape index (κ1) is 14.4. The largest absolute Gasteiger partial charge is 0.370 e. The van der Waals surface area contributed by atoms with E-state index in [1.807, 2.05) is 25.3 Å². The van der Waals surface area contributed by atoms with Crippen molar-refractivity contribution in [1.29, 1.82) is 0 Å². The summed E-state index contributed by atoms with van der Waals surface area (Å²) in [6.07, 6.45) is 2.65. The Bertz CT molecular complexity index is 381. The molecular weight excluding hydrogens is 228 g/mol. The van der Waals surface area contributed by atoms with Crippen LogP contribution >= 0.6 is 0 Å². The van der Waals surface area contributed by atoms with Gasteiger partial charge in [0.15, 0.2) is 0 Å². The zero-order valence-electron chi connectivity index (χ0n) is 11.3. The summed E-state index contributed by atoms with van der Waals surface area (Å²) in [5, 5.41) is 5.98. The van der Waals surface area contributed by atoms with Gasteiger partial charge in [-0.3, -0.25) is 4.79 Å². The van der Waals surface area contributed by atoms with Crippen LogP contribution < -0.4 is 16.4 Å². The second kappa shape index (κ2) is 6.35. The molecule has 0 aliphatic heterocycles. The molecule has 0 spiro atoms. The lowest BCUT2D eigenvalue weighted by Crippen LogP contribution is -2.49. The monoisotopic (exact) mass is 250 g/mol. The number of rotatable bonds is 6. The Morgan fingerprint density at radius 3 is 2.67 bits per heavy atom. The van der Waals surface area contributed by atoms with Gasteiger partial charge in [-0.2, -0.15) is 0 Å². The molecule has 0 saturated carbocycles. The second-order valence-electron chi connectivity index (χ2n) is 4.98. The number of nitrogens with zero attached hydrogens (tertiary/aromatic N) is 1. The van der Waals surface area contributed by atoms with E-state index < -0.39 is 5.54 Å². The molecule has 0 unspecified atom stereocenters. The highest BCUT2D eigenvalue weighted by Gasteiger charge is 2.20. The van der Waals surface area contributed by atoms with Crippen LogP contribution in [-0.4, -0.2) is 29.5 Å². The minimum atomic E-state index is -0.814. The zero-order chi connectivity index (χ0) is 13.6. The van der Waals surface area contributed by atoms with Crippen LogP contribution in [0.1, 0.15) is 25.8 Å². The number of hydrogen-bond acceptors (Lipinski definition) is 4. The van der Waals surface area contributed by atoms with Gasteiger partial charge in [-0.05, 0) is 38.8 Å². The second-order valence-corrected chi connectivity index (χ2v) is 4.98. The van der Waals surface area contributed by atoms with Gasteiger partial charge in [0.05, 0.1) is 5.54 Å². The first-order valence-electron chi connectivity index (χ1n) is 6.13. The van der Waals surface area contributed by atoms with E-state index in [4.69, 9.17) is 5.73 Å². The van der Waals surface area contributed by atoms with Crippen molar-refractivity contribution < 1.29 is 4.79 Å². The molecule has 0 fully saturated rings. The maximum absolute atomic E-state index is 11.5. The van der Waals surface area contributed by atoms with Crippen LogP contribution in [0.5, 0.6) is 0 Å². The van der Waals surface area contributed by atoms with Crippen LogP contribution in [0.4, 0.5) is 5.82 Å². The van der Waals surface area contributed by atoms with Crippen molar-refractivity contribution in [2.24, 2.45) is 5.73 Å². The summed E-state index contributed by atoms with van der Waals surface area (Å²) in [4.78, 5) is 15.7. The average molecular weight is 250 g/mol. The summed E-state index contributed by atoms with van der Waals surface area (Å²) in [7, 11) is 0. The highest BCUT2D eigenvalue weighted by Crippen LogP contribution is 2.03. The van der Waals surface area contributed by atoms with Gasteiger partial charge in [0.2, 0.25) is 5.91 Å². The molecule has 1 heterocycles. The number of nitrogens with two attached hydrogens (primary N) is 1. The van der Waals surface area contributed by atoms with E-state index in [2.05, 4.69) is 15.6 Å². The third-order valence-corrected chi connectivity index (χ3v) is 2.44. The fourth-order valence-electron chi connectivity index (χ4n) is 1.31. The smallest absolute Gasteiger partial charge is 0.239 e. The molecule has 100 valence electrons. The summed E-state index contributed by atoms with van der Waals surface area (Å²) >= 11 is 0. The molecule has 0 radical (unpaired) electrons. The van der Waals surface area contributed by atoms with Gasteiger partial charge >= 0.3 is 0 Å². The van der Waals surface area contributed by atoms with E-state index in [-0.39, 0.29) is 5.91 Å². The summed E-state index contributed by atoms with van der Waals surface area (Å²) < 4.78 is 0. The van der Waals surface area contributed by atoms with Gasteiger partial charge in [-0.25, -0.2) is 4.98 Å². The molecule has 5 nitrogen and oxygen atoms in total. The van der Waals surface area contributed by atoms with Crippen LogP contribution in [0.2, 0.25) is 0 Å². The van der Waals surface area contributed by atoms with Crippen molar-refractivity contribution in [3.05, 3.63) is 23.9 Å². The number of amides is 1. The first-order chi connectivity index (χ1) is 8.39. The van der Waals surface area contributed by atoms with Crippen LogP contribution in [0.25, 0.3) is 0 Å². The number of pyridine rings is 1. The molecule has 0 aromatic carbocycles. The SMILES string of the molecule is Cc1ccc(NCCCNC(=O)C(C)(C)N)nc1. The van der Waals surface area contributed by atoms with Gasteiger partial charge in [0, 0.05) is 19.3 Å². The predicted octanol–water partition coefficient (Wildman–Crippen LogP) is 1.05. The van der Waals surface area contributed by atoms with E-state index in [0.29, 0.717) is 6.54 Å². The van der Waals surface area contributed by atoms with Crippen molar-refractivity contribution in [2.75, 3.05) is 18.4 Å². The molecule has 0 aliphatic rings. The Labute approximate surface area is 108 Å². The molecule has 18 heavy (non-hydrogen) atoms. The highest BCUT2D eigenvalue weighted by atomic mass is 16.2. The number of carbonyl (C=O) groups excluding carboxylic acids is 1. The van der Waals surface area contributed by atoms with E-state index in [1.165, 1.54) is 0 Å². The lowest BCUT2D eigenvalue weighted by Gasteiger charge is -2.17. The Kier molecular flexibility index (Phi) is 5.09. The van der Waals surface area contributed by atoms with E-state index in [9.17, 15) is 4.79 Å². The number of aromatic nitrogens is 1. The molecule has 4 N–H and O–H groups in total. The Morgan fingerprint density at radius 2 is 2.11 bits per heavy atom. The molecule has 0 bridgehead atoms. The third kappa shape index (κ3) is 5.14. The molecule has 1 rings (SSSR count). The third-order valence-electron chi connectivity index (χ3n) is 2.44. The van der Waals surface area contributed by atoms with Crippen molar-refractivity contribution in [2.45, 2.75) is 32.7 Å². The summed E-state index contributed by atoms with van der Waals surface area (Å²) in [5.74, 6) is 0.724. The van der Waals surface area contributed by atoms with Gasteiger partial charge in [-0.1, -0.05) is 6.07 Å². The minimum Gasteiger partial charge on any atom is -0.370 e. The molecule has 0 aliphatic carbocycles. The molecule has 0 saturated heterocycles. The molecule has 1 amide bonds. The minimum absolute atomic E-state index is 0.129. The predicted molar refractivity (Wildman–Crippen MR) is 73.4 cm³/mol. The van der Waals surface area contributed by atoms with E-state index in [1.54, 1.807) is 13.8 Å². The maximum Gasteiger partial charge on any atom is 0.239 e. The summed E-state index contributed by atoms with van der Waals surface area (Å²) in [6.45, 7) is 6.76. The maximum atomic E-state index is 11.5. The Morgan fingerprint density at radius 1 is 1.39 bits per heavy atom. The number of carbonyl (C=O) groups is 1. The van der Waals surface area contributed by atoms with E-state index in [0.717, 1.165) is 24.3 Å². The molecule has 1 aromatic heterocycles. The molecule has 1 aromatic rings. The summed E-state index contributed by atoms with van der Waals surface area (Å²) in [6, 6.07) is 3.95. The standard InChI is InChI=1S/C13H22N4O/c1-10-5-6-11(17-9-10)15-7-4-8-16-12(18)13(2,3)14/h5-6,9H,4,7-8,14H2,1-3H3,(H,15,17)(H,16,18). The van der Waals surface area contributed by atoms with Crippen molar-refractivity contribution >= 4 is 11.7 Å². The van der Waals surface area contributed by atoms with Crippen LogP contribution in [0, 0.1) is 6.92 Å². The van der Waals surface area contributed by atoms with Gasteiger partial charge < -0.3 is 16.4 Å². The fourth-order valence-corrected chi connectivity index (χ4v) is 1.31. The average Bonchev–Trinajstić information content (AvgIpc) is 2.29. The fraction of sp³-hybridized carbons (Fsp3) is 0.538. The van der Waals surface area contributed by atoms with E-state index >= 15 is 0 Å². The highest BCUT2D eigenvalue weighted by molar-refractivity contribution is 5.84. The van der Waals surface area contributed by atoms with Gasteiger partial charge in [0.25, 0.3) is 0 Å². The molecule has 0 atom stereocenters. The lowest BCUT2D eigenvalue weighted by molar-refractivity contribution is -0.125. The Balaban J connectivity index is 2.16. The van der Waals surface area contributed by atoms with Gasteiger partial charge in [-0.15, -0.1) is 0 Å². The van der Waals surface area contributed by atoms with Crippen molar-refractivity contribution in [1.82, 2.24) is 10.3 Å². The number of nitrogens with one attached hydrogen (secondary N) is 2. The molecular formula is C13H22N4O. The number of hydrogen-bond donors (Lipinski definition) is 3. The van der Waals surface area contributed by atoms with Crippen LogP contribution in [-0.2, 0) is 4.79 Å². The van der Waals surface area contributed by atoms with Crippen molar-refractivity contribution in [3.63, 3.8) is 0 Å². The lowest BCUT2D eigenvalue weighted by atomic mass is 10.1.